The Morgan fingerprint density at radius 1 is 1.21 bits per heavy atom. The van der Waals surface area contributed by atoms with Gasteiger partial charge in [0.25, 0.3) is 0 Å². The van der Waals surface area contributed by atoms with E-state index >= 15 is 0 Å². The molecular weight excluding hydrogens is 240 g/mol. The van der Waals surface area contributed by atoms with Crippen LogP contribution in [0.4, 0.5) is 0 Å². The number of hydrogen-bond donors (Lipinski definition) is 1. The first kappa shape index (κ1) is 13.1. The smallest absolute Gasteiger partial charge is 0.336 e. The van der Waals surface area contributed by atoms with Crippen molar-refractivity contribution in [2.75, 3.05) is 6.61 Å². The molecule has 0 spiro atoms. The predicted octanol–water partition coefficient (Wildman–Crippen LogP) is 3.76. The maximum atomic E-state index is 11.3. The second-order valence-electron chi connectivity index (χ2n) is 4.32. The molecule has 3 heteroatoms. The zero-order chi connectivity index (χ0) is 13.8. The highest BCUT2D eigenvalue weighted by molar-refractivity contribution is 5.96. The Morgan fingerprint density at radius 3 is 2.68 bits per heavy atom. The number of carboxylic acid groups (broad SMARTS) is 1. The van der Waals surface area contributed by atoms with Gasteiger partial charge in [-0.1, -0.05) is 29.8 Å². The Labute approximate surface area is 112 Å². The lowest BCUT2D eigenvalue weighted by molar-refractivity contribution is 0.0697. The third-order valence-corrected chi connectivity index (χ3v) is 2.86. The summed E-state index contributed by atoms with van der Waals surface area (Å²) < 4.78 is 5.45. The Morgan fingerprint density at radius 2 is 2.00 bits per heavy atom. The van der Waals surface area contributed by atoms with Crippen LogP contribution < -0.4 is 4.74 Å². The molecule has 0 aliphatic rings. The molecule has 98 valence electrons. The van der Waals surface area contributed by atoms with Crippen molar-refractivity contribution in [3.8, 4) is 16.9 Å². The van der Waals surface area contributed by atoms with E-state index < -0.39 is 5.97 Å². The van der Waals surface area contributed by atoms with E-state index in [0.29, 0.717) is 17.7 Å². The van der Waals surface area contributed by atoms with E-state index in [0.717, 1.165) is 16.9 Å². The van der Waals surface area contributed by atoms with Gasteiger partial charge in [-0.15, -0.1) is 0 Å². The first-order chi connectivity index (χ1) is 9.11. The fourth-order valence-corrected chi connectivity index (χ4v) is 2.00. The van der Waals surface area contributed by atoms with Crippen molar-refractivity contribution in [3.05, 3.63) is 53.6 Å². The Balaban J connectivity index is 2.54. The summed E-state index contributed by atoms with van der Waals surface area (Å²) in [6.07, 6.45) is 0. The van der Waals surface area contributed by atoms with Gasteiger partial charge >= 0.3 is 5.97 Å². The van der Waals surface area contributed by atoms with Crippen LogP contribution in [0.5, 0.6) is 5.75 Å². The molecule has 2 aromatic carbocycles. The second-order valence-corrected chi connectivity index (χ2v) is 4.32. The van der Waals surface area contributed by atoms with Gasteiger partial charge in [0.15, 0.2) is 0 Å². The van der Waals surface area contributed by atoms with Crippen LogP contribution in [0.15, 0.2) is 42.5 Å². The lowest BCUT2D eigenvalue weighted by Crippen LogP contribution is -2.00. The molecule has 0 aliphatic heterocycles. The highest BCUT2D eigenvalue weighted by Gasteiger charge is 2.12. The van der Waals surface area contributed by atoms with Crippen molar-refractivity contribution in [1.82, 2.24) is 0 Å². The molecule has 0 atom stereocenters. The van der Waals surface area contributed by atoms with Crippen LogP contribution in [0.3, 0.4) is 0 Å². The third-order valence-electron chi connectivity index (χ3n) is 2.86. The first-order valence-corrected chi connectivity index (χ1v) is 6.19. The van der Waals surface area contributed by atoms with E-state index in [4.69, 9.17) is 4.74 Å². The minimum Gasteiger partial charge on any atom is -0.494 e. The molecule has 0 unspecified atom stereocenters. The summed E-state index contributed by atoms with van der Waals surface area (Å²) >= 11 is 0. The van der Waals surface area contributed by atoms with Crippen LogP contribution >= 0.6 is 0 Å². The van der Waals surface area contributed by atoms with Gasteiger partial charge in [-0.25, -0.2) is 4.79 Å². The maximum absolute atomic E-state index is 11.3. The van der Waals surface area contributed by atoms with E-state index in [1.54, 1.807) is 12.1 Å². The molecule has 0 amide bonds. The van der Waals surface area contributed by atoms with Crippen molar-refractivity contribution in [1.29, 1.82) is 0 Å². The van der Waals surface area contributed by atoms with Gasteiger partial charge in [0, 0.05) is 0 Å². The highest BCUT2D eigenvalue weighted by atomic mass is 16.5. The van der Waals surface area contributed by atoms with Crippen LogP contribution in [0.25, 0.3) is 11.1 Å². The largest absolute Gasteiger partial charge is 0.494 e. The number of aryl methyl sites for hydroxylation is 1. The van der Waals surface area contributed by atoms with E-state index in [2.05, 4.69) is 0 Å². The second kappa shape index (κ2) is 5.57. The van der Waals surface area contributed by atoms with Crippen molar-refractivity contribution >= 4 is 5.97 Å². The number of benzene rings is 2. The Hall–Kier alpha value is -2.29. The van der Waals surface area contributed by atoms with Gasteiger partial charge in [-0.2, -0.15) is 0 Å². The number of aromatic carboxylic acids is 1. The molecule has 0 bridgehead atoms. The fourth-order valence-electron chi connectivity index (χ4n) is 2.00. The van der Waals surface area contributed by atoms with Gasteiger partial charge in [-0.3, -0.25) is 0 Å². The summed E-state index contributed by atoms with van der Waals surface area (Å²) in [6.45, 7) is 4.45. The number of carboxylic acids is 1. The monoisotopic (exact) mass is 256 g/mol. The zero-order valence-corrected chi connectivity index (χ0v) is 11.0. The van der Waals surface area contributed by atoms with Gasteiger partial charge in [-0.05, 0) is 43.2 Å². The Kier molecular flexibility index (Phi) is 3.85. The quantitative estimate of drug-likeness (QED) is 0.906. The molecule has 3 nitrogen and oxygen atoms in total. The number of hydrogen-bond acceptors (Lipinski definition) is 2. The van der Waals surface area contributed by atoms with E-state index in [1.807, 2.05) is 44.2 Å². The van der Waals surface area contributed by atoms with Crippen LogP contribution in [0, 0.1) is 6.92 Å². The summed E-state index contributed by atoms with van der Waals surface area (Å²) in [5.74, 6) is -0.172. The topological polar surface area (TPSA) is 46.5 Å². The minimum absolute atomic E-state index is 0.305. The van der Waals surface area contributed by atoms with Crippen LogP contribution in [0.2, 0.25) is 0 Å². The lowest BCUT2D eigenvalue weighted by atomic mass is 9.97. The molecule has 19 heavy (non-hydrogen) atoms. The maximum Gasteiger partial charge on any atom is 0.336 e. The van der Waals surface area contributed by atoms with Crippen molar-refractivity contribution < 1.29 is 14.6 Å². The fraction of sp³-hybridized carbons (Fsp3) is 0.188. The normalized spacial score (nSPS) is 10.2. The summed E-state index contributed by atoms with van der Waals surface area (Å²) in [6, 6.07) is 12.8. The summed E-state index contributed by atoms with van der Waals surface area (Å²) in [4.78, 5) is 11.3. The number of carbonyl (C=O) groups is 1. The zero-order valence-electron chi connectivity index (χ0n) is 11.0. The minimum atomic E-state index is -0.920. The van der Waals surface area contributed by atoms with Gasteiger partial charge in [0.1, 0.15) is 5.75 Å². The molecule has 0 fully saturated rings. The molecule has 0 saturated carbocycles. The van der Waals surface area contributed by atoms with Crippen LogP contribution in [0.1, 0.15) is 22.8 Å². The van der Waals surface area contributed by atoms with Gasteiger partial charge < -0.3 is 9.84 Å². The summed E-state index contributed by atoms with van der Waals surface area (Å²) in [5, 5.41) is 9.26. The molecule has 2 rings (SSSR count). The average Bonchev–Trinajstić information content (AvgIpc) is 2.39. The number of ether oxygens (including phenoxy) is 1. The van der Waals surface area contributed by atoms with E-state index in [1.165, 1.54) is 0 Å². The molecule has 0 radical (unpaired) electrons. The van der Waals surface area contributed by atoms with E-state index in [9.17, 15) is 9.90 Å². The van der Waals surface area contributed by atoms with Gasteiger partial charge in [0.05, 0.1) is 12.2 Å². The van der Waals surface area contributed by atoms with Crippen molar-refractivity contribution in [3.63, 3.8) is 0 Å². The molecule has 1 N–H and O–H groups in total. The average molecular weight is 256 g/mol. The van der Waals surface area contributed by atoms with Crippen LogP contribution in [-0.4, -0.2) is 17.7 Å². The first-order valence-electron chi connectivity index (χ1n) is 6.19. The van der Waals surface area contributed by atoms with Gasteiger partial charge in [0.2, 0.25) is 0 Å². The standard InChI is InChI=1S/C16H16O3/c1-3-19-13-6-4-5-12(10-13)15-9-11(2)7-8-14(15)16(17)18/h4-10H,3H2,1-2H3,(H,17,18). The third kappa shape index (κ3) is 2.94. The molecule has 0 saturated heterocycles. The summed E-state index contributed by atoms with van der Waals surface area (Å²) in [7, 11) is 0. The predicted molar refractivity (Wildman–Crippen MR) is 74.7 cm³/mol. The Bertz CT molecular complexity index is 603. The highest BCUT2D eigenvalue weighted by Crippen LogP contribution is 2.28. The molecule has 0 heterocycles. The summed E-state index contributed by atoms with van der Waals surface area (Å²) in [5.41, 5.74) is 2.90. The van der Waals surface area contributed by atoms with Crippen molar-refractivity contribution in [2.45, 2.75) is 13.8 Å². The lowest BCUT2D eigenvalue weighted by Gasteiger charge is -2.10. The molecular formula is C16H16O3. The van der Waals surface area contributed by atoms with Crippen LogP contribution in [-0.2, 0) is 0 Å². The molecule has 2 aromatic rings. The van der Waals surface area contributed by atoms with E-state index in [-0.39, 0.29) is 0 Å². The molecule has 0 aromatic heterocycles. The SMILES string of the molecule is CCOc1cccc(-c2cc(C)ccc2C(=O)O)c1. The van der Waals surface area contributed by atoms with Crippen molar-refractivity contribution in [2.24, 2.45) is 0 Å². The number of rotatable bonds is 4. The molecule has 0 aliphatic carbocycles.